The Labute approximate surface area is 96.7 Å². The van der Waals surface area contributed by atoms with Gasteiger partial charge < -0.3 is 10.6 Å². The van der Waals surface area contributed by atoms with Crippen LogP contribution in [0.4, 0.5) is 24.8 Å². The Bertz CT molecular complexity index is 385. The number of rotatable bonds is 1. The molecule has 0 saturated carbocycles. The van der Waals surface area contributed by atoms with Gasteiger partial charge in [0.25, 0.3) is 0 Å². The van der Waals surface area contributed by atoms with Crippen molar-refractivity contribution >= 4 is 11.6 Å². The summed E-state index contributed by atoms with van der Waals surface area (Å²) < 4.78 is 37.4. The van der Waals surface area contributed by atoms with E-state index >= 15 is 0 Å². The van der Waals surface area contributed by atoms with Crippen molar-refractivity contribution in [3.63, 3.8) is 0 Å². The minimum Gasteiger partial charge on any atom is -0.382 e. The summed E-state index contributed by atoms with van der Waals surface area (Å²) in [6.45, 7) is 0.671. The number of halogens is 3. The summed E-state index contributed by atoms with van der Waals surface area (Å²) in [5, 5.41) is 0. The molecule has 0 aromatic carbocycles. The minimum atomic E-state index is -4.09. The maximum Gasteiger partial charge on any atom is 0.391 e. The van der Waals surface area contributed by atoms with E-state index < -0.39 is 12.1 Å². The number of nitrogen functional groups attached to an aromatic ring is 1. The second-order valence-electron chi connectivity index (χ2n) is 4.11. The fourth-order valence-electron chi connectivity index (χ4n) is 1.96. The third-order valence-corrected chi connectivity index (χ3v) is 2.92. The van der Waals surface area contributed by atoms with Crippen LogP contribution in [-0.2, 0) is 0 Å². The first-order valence-corrected chi connectivity index (χ1v) is 5.36. The zero-order chi connectivity index (χ0) is 12.5. The lowest BCUT2D eigenvalue weighted by atomic mass is 9.96. The SMILES string of the molecule is Nc1cncc(N2CCC(C(F)(F)F)CC2)n1. The predicted octanol–water partition coefficient (Wildman–Crippen LogP) is 1.84. The third-order valence-electron chi connectivity index (χ3n) is 2.92. The van der Waals surface area contributed by atoms with Crippen LogP contribution in [0.3, 0.4) is 0 Å². The molecule has 2 heterocycles. The maximum absolute atomic E-state index is 12.5. The van der Waals surface area contributed by atoms with Crippen LogP contribution in [0.2, 0.25) is 0 Å². The molecule has 1 aromatic heterocycles. The highest BCUT2D eigenvalue weighted by atomic mass is 19.4. The Hall–Kier alpha value is -1.53. The van der Waals surface area contributed by atoms with Gasteiger partial charge in [-0.25, -0.2) is 4.98 Å². The summed E-state index contributed by atoms with van der Waals surface area (Å²) >= 11 is 0. The summed E-state index contributed by atoms with van der Waals surface area (Å²) in [6.07, 6.45) is -0.969. The van der Waals surface area contributed by atoms with Gasteiger partial charge in [0.05, 0.1) is 18.3 Å². The van der Waals surface area contributed by atoms with E-state index in [0.29, 0.717) is 18.9 Å². The molecule has 0 amide bonds. The van der Waals surface area contributed by atoms with Gasteiger partial charge in [-0.3, -0.25) is 4.98 Å². The van der Waals surface area contributed by atoms with Crippen molar-refractivity contribution in [2.24, 2.45) is 5.92 Å². The smallest absolute Gasteiger partial charge is 0.382 e. The first-order valence-electron chi connectivity index (χ1n) is 5.36. The van der Waals surface area contributed by atoms with Crippen LogP contribution in [0.5, 0.6) is 0 Å². The Balaban J connectivity index is 2.00. The molecule has 0 unspecified atom stereocenters. The molecule has 0 spiro atoms. The highest BCUT2D eigenvalue weighted by Gasteiger charge is 2.41. The van der Waals surface area contributed by atoms with Crippen molar-refractivity contribution < 1.29 is 13.2 Å². The first-order chi connectivity index (χ1) is 7.97. The molecule has 1 aliphatic heterocycles. The lowest BCUT2D eigenvalue weighted by Gasteiger charge is -2.33. The van der Waals surface area contributed by atoms with E-state index in [1.54, 1.807) is 4.90 Å². The van der Waals surface area contributed by atoms with Crippen LogP contribution in [-0.4, -0.2) is 29.2 Å². The van der Waals surface area contributed by atoms with Gasteiger partial charge in [-0.2, -0.15) is 13.2 Å². The van der Waals surface area contributed by atoms with E-state index in [1.165, 1.54) is 12.4 Å². The van der Waals surface area contributed by atoms with E-state index in [4.69, 9.17) is 5.73 Å². The number of aromatic nitrogens is 2. The summed E-state index contributed by atoms with van der Waals surface area (Å²) in [5.41, 5.74) is 5.48. The fraction of sp³-hybridized carbons (Fsp3) is 0.600. The molecule has 94 valence electrons. The second-order valence-corrected chi connectivity index (χ2v) is 4.11. The van der Waals surface area contributed by atoms with E-state index in [9.17, 15) is 13.2 Å². The molecule has 17 heavy (non-hydrogen) atoms. The number of nitrogens with two attached hydrogens (primary N) is 1. The van der Waals surface area contributed by atoms with Crippen LogP contribution < -0.4 is 10.6 Å². The zero-order valence-electron chi connectivity index (χ0n) is 9.11. The van der Waals surface area contributed by atoms with Crippen LogP contribution in [0.15, 0.2) is 12.4 Å². The van der Waals surface area contributed by atoms with Gasteiger partial charge in [-0.05, 0) is 12.8 Å². The van der Waals surface area contributed by atoms with Gasteiger partial charge in [0, 0.05) is 13.1 Å². The van der Waals surface area contributed by atoms with Gasteiger partial charge in [0.2, 0.25) is 0 Å². The van der Waals surface area contributed by atoms with Crippen LogP contribution >= 0.6 is 0 Å². The largest absolute Gasteiger partial charge is 0.391 e. The number of piperidine rings is 1. The number of alkyl halides is 3. The van der Waals surface area contributed by atoms with Gasteiger partial charge in [0.1, 0.15) is 11.6 Å². The van der Waals surface area contributed by atoms with E-state index in [0.717, 1.165) is 0 Å². The molecule has 1 aromatic rings. The van der Waals surface area contributed by atoms with Gasteiger partial charge in [0.15, 0.2) is 0 Å². The number of nitrogens with zero attached hydrogens (tertiary/aromatic N) is 3. The number of hydrogen-bond acceptors (Lipinski definition) is 4. The summed E-state index contributed by atoms with van der Waals surface area (Å²) in [7, 11) is 0. The average Bonchev–Trinajstić information content (AvgIpc) is 2.28. The van der Waals surface area contributed by atoms with Crippen molar-refractivity contribution in [2.45, 2.75) is 19.0 Å². The van der Waals surface area contributed by atoms with Crippen LogP contribution in [0.25, 0.3) is 0 Å². The van der Waals surface area contributed by atoms with E-state index in [-0.39, 0.29) is 18.7 Å². The molecule has 0 atom stereocenters. The number of anilines is 2. The molecule has 4 nitrogen and oxygen atoms in total. The van der Waals surface area contributed by atoms with Crippen molar-refractivity contribution in [2.75, 3.05) is 23.7 Å². The Kier molecular flexibility index (Phi) is 3.08. The topological polar surface area (TPSA) is 55.0 Å². The lowest BCUT2D eigenvalue weighted by Crippen LogP contribution is -2.39. The van der Waals surface area contributed by atoms with Crippen molar-refractivity contribution in [3.05, 3.63) is 12.4 Å². The molecule has 0 radical (unpaired) electrons. The van der Waals surface area contributed by atoms with Crippen molar-refractivity contribution in [3.8, 4) is 0 Å². The Morgan fingerprint density at radius 1 is 1.24 bits per heavy atom. The molecule has 0 aliphatic carbocycles. The van der Waals surface area contributed by atoms with E-state index in [2.05, 4.69) is 9.97 Å². The quantitative estimate of drug-likeness (QED) is 0.821. The Morgan fingerprint density at radius 3 is 2.41 bits per heavy atom. The van der Waals surface area contributed by atoms with E-state index in [1.807, 2.05) is 0 Å². The molecule has 1 saturated heterocycles. The number of hydrogen-bond donors (Lipinski definition) is 1. The summed E-state index contributed by atoms with van der Waals surface area (Å²) in [4.78, 5) is 9.70. The Morgan fingerprint density at radius 2 is 1.88 bits per heavy atom. The highest BCUT2D eigenvalue weighted by molar-refractivity contribution is 5.41. The fourth-order valence-corrected chi connectivity index (χ4v) is 1.96. The molecular formula is C10H13F3N4. The van der Waals surface area contributed by atoms with Gasteiger partial charge in [-0.15, -0.1) is 0 Å². The molecule has 2 N–H and O–H groups in total. The van der Waals surface area contributed by atoms with Crippen molar-refractivity contribution in [1.82, 2.24) is 9.97 Å². The maximum atomic E-state index is 12.5. The first kappa shape index (κ1) is 11.9. The monoisotopic (exact) mass is 246 g/mol. The average molecular weight is 246 g/mol. The standard InChI is InChI=1S/C10H13F3N4/c11-10(12,13)7-1-3-17(4-2-7)9-6-15-5-8(14)16-9/h5-7H,1-4H2,(H2,14,16). The molecule has 1 fully saturated rings. The van der Waals surface area contributed by atoms with Gasteiger partial charge >= 0.3 is 6.18 Å². The van der Waals surface area contributed by atoms with Gasteiger partial charge in [-0.1, -0.05) is 0 Å². The van der Waals surface area contributed by atoms with Crippen LogP contribution in [0, 0.1) is 5.92 Å². The second kappa shape index (κ2) is 4.38. The molecule has 0 bridgehead atoms. The minimum absolute atomic E-state index is 0.0972. The molecule has 2 rings (SSSR count). The summed E-state index contributed by atoms with van der Waals surface area (Å²) in [5.74, 6) is -0.376. The molecule has 7 heteroatoms. The predicted molar refractivity (Wildman–Crippen MR) is 57.4 cm³/mol. The molecular weight excluding hydrogens is 233 g/mol. The zero-order valence-corrected chi connectivity index (χ0v) is 9.11. The highest BCUT2D eigenvalue weighted by Crippen LogP contribution is 2.34. The van der Waals surface area contributed by atoms with Crippen molar-refractivity contribution in [1.29, 1.82) is 0 Å². The van der Waals surface area contributed by atoms with Crippen LogP contribution in [0.1, 0.15) is 12.8 Å². The normalized spacial score (nSPS) is 18.4. The molecule has 1 aliphatic rings. The summed E-state index contributed by atoms with van der Waals surface area (Å²) in [6, 6.07) is 0. The third kappa shape index (κ3) is 2.78. The lowest BCUT2D eigenvalue weighted by molar-refractivity contribution is -0.179.